The summed E-state index contributed by atoms with van der Waals surface area (Å²) < 4.78 is 5.28. The van der Waals surface area contributed by atoms with E-state index in [4.69, 9.17) is 4.74 Å². The van der Waals surface area contributed by atoms with E-state index in [1.165, 1.54) is 12.1 Å². The number of hydrogen-bond acceptors (Lipinski definition) is 5. The lowest BCUT2D eigenvalue weighted by Gasteiger charge is -2.34. The summed E-state index contributed by atoms with van der Waals surface area (Å²) in [5.74, 6) is -1.08. The molecule has 1 aliphatic rings. The molecule has 2 aromatic rings. The van der Waals surface area contributed by atoms with Gasteiger partial charge in [0, 0.05) is 30.2 Å². The van der Waals surface area contributed by atoms with Gasteiger partial charge in [-0.1, -0.05) is 36.4 Å². The molecule has 1 aliphatic heterocycles. The Kier molecular flexibility index (Phi) is 6.30. The van der Waals surface area contributed by atoms with E-state index in [0.29, 0.717) is 23.4 Å². The van der Waals surface area contributed by atoms with E-state index in [1.54, 1.807) is 30.9 Å². The summed E-state index contributed by atoms with van der Waals surface area (Å²) in [6, 6.07) is 13.8. The minimum Gasteiger partial charge on any atom is -0.463 e. The summed E-state index contributed by atoms with van der Waals surface area (Å²) in [5.41, 5.74) is 3.66. The van der Waals surface area contributed by atoms with E-state index >= 15 is 0 Å². The standard InChI is InChI=1S/C23H24N2O5/c1-4-30-23(27)22-16(3)24(14-18-8-6-5-7-15(18)2)21(26)13-20(22)17-9-11-19(12-10-17)25(28)29/h5-12,20H,4,13-14H2,1-3H3. The predicted molar refractivity (Wildman–Crippen MR) is 112 cm³/mol. The highest BCUT2D eigenvalue weighted by molar-refractivity contribution is 5.95. The van der Waals surface area contributed by atoms with Gasteiger partial charge in [-0.25, -0.2) is 4.79 Å². The molecular weight excluding hydrogens is 384 g/mol. The Morgan fingerprint density at radius 2 is 1.83 bits per heavy atom. The number of allylic oxidation sites excluding steroid dienone is 1. The van der Waals surface area contributed by atoms with Gasteiger partial charge in [0.25, 0.3) is 5.69 Å². The molecular formula is C23H24N2O5. The second-order valence-electron chi connectivity index (χ2n) is 7.23. The number of nitro benzene ring substituents is 1. The molecule has 0 spiro atoms. The van der Waals surface area contributed by atoms with Crippen molar-refractivity contribution in [2.24, 2.45) is 0 Å². The third-order valence-corrected chi connectivity index (χ3v) is 5.41. The number of benzene rings is 2. The summed E-state index contributed by atoms with van der Waals surface area (Å²) in [4.78, 5) is 37.9. The maximum Gasteiger partial charge on any atom is 0.336 e. The van der Waals surface area contributed by atoms with E-state index in [0.717, 1.165) is 11.1 Å². The molecule has 3 rings (SSSR count). The number of carbonyl (C=O) groups is 2. The normalized spacial score (nSPS) is 16.6. The molecule has 0 saturated carbocycles. The molecule has 1 atom stereocenters. The van der Waals surface area contributed by atoms with Crippen LogP contribution < -0.4 is 0 Å². The Hall–Kier alpha value is -3.48. The minimum absolute atomic E-state index is 0.0412. The molecule has 0 radical (unpaired) electrons. The van der Waals surface area contributed by atoms with Crippen molar-refractivity contribution in [1.82, 2.24) is 4.90 Å². The van der Waals surface area contributed by atoms with Crippen LogP contribution in [0.2, 0.25) is 0 Å². The fourth-order valence-electron chi connectivity index (χ4n) is 3.75. The summed E-state index contributed by atoms with van der Waals surface area (Å²) in [6.45, 7) is 6.05. The Bertz CT molecular complexity index is 1010. The summed E-state index contributed by atoms with van der Waals surface area (Å²) >= 11 is 0. The summed E-state index contributed by atoms with van der Waals surface area (Å²) in [6.07, 6.45) is 0.0924. The van der Waals surface area contributed by atoms with Gasteiger partial charge in [-0.15, -0.1) is 0 Å². The average Bonchev–Trinajstić information content (AvgIpc) is 2.72. The number of esters is 1. The molecule has 0 saturated heterocycles. The lowest BCUT2D eigenvalue weighted by Crippen LogP contribution is -2.38. The molecule has 30 heavy (non-hydrogen) atoms. The SMILES string of the molecule is CCOC(=O)C1=C(C)N(Cc2ccccc2C)C(=O)CC1c1ccc([N+](=O)[O-])cc1. The summed E-state index contributed by atoms with van der Waals surface area (Å²) in [7, 11) is 0. The Labute approximate surface area is 175 Å². The van der Waals surface area contributed by atoms with Crippen LogP contribution in [0, 0.1) is 17.0 Å². The van der Waals surface area contributed by atoms with Crippen molar-refractivity contribution in [2.75, 3.05) is 6.61 Å². The second kappa shape index (κ2) is 8.90. The van der Waals surface area contributed by atoms with Crippen molar-refractivity contribution in [2.45, 2.75) is 39.7 Å². The van der Waals surface area contributed by atoms with Crippen LogP contribution >= 0.6 is 0 Å². The zero-order valence-electron chi connectivity index (χ0n) is 17.3. The maximum atomic E-state index is 13.0. The number of amides is 1. The highest BCUT2D eigenvalue weighted by Gasteiger charge is 2.37. The van der Waals surface area contributed by atoms with Crippen LogP contribution in [-0.4, -0.2) is 28.3 Å². The highest BCUT2D eigenvalue weighted by Crippen LogP contribution is 2.38. The largest absolute Gasteiger partial charge is 0.463 e. The molecule has 0 bridgehead atoms. The van der Waals surface area contributed by atoms with Gasteiger partial charge in [0.15, 0.2) is 0 Å². The van der Waals surface area contributed by atoms with Crippen molar-refractivity contribution in [3.8, 4) is 0 Å². The van der Waals surface area contributed by atoms with Gasteiger partial charge in [-0.2, -0.15) is 0 Å². The highest BCUT2D eigenvalue weighted by atomic mass is 16.6. The first kappa shape index (κ1) is 21.2. The number of aryl methyl sites for hydroxylation is 1. The topological polar surface area (TPSA) is 89.8 Å². The fraction of sp³-hybridized carbons (Fsp3) is 0.304. The molecule has 7 nitrogen and oxygen atoms in total. The van der Waals surface area contributed by atoms with Gasteiger partial charge in [0.2, 0.25) is 5.91 Å². The van der Waals surface area contributed by atoms with E-state index in [2.05, 4.69) is 0 Å². The van der Waals surface area contributed by atoms with Crippen LogP contribution in [0.15, 0.2) is 59.8 Å². The van der Waals surface area contributed by atoms with E-state index in [-0.39, 0.29) is 24.6 Å². The molecule has 7 heteroatoms. The van der Waals surface area contributed by atoms with Crippen molar-refractivity contribution in [3.05, 3.63) is 86.6 Å². The van der Waals surface area contributed by atoms with E-state index < -0.39 is 16.8 Å². The van der Waals surface area contributed by atoms with Crippen molar-refractivity contribution >= 4 is 17.6 Å². The van der Waals surface area contributed by atoms with E-state index in [1.807, 2.05) is 31.2 Å². The van der Waals surface area contributed by atoms with Crippen LogP contribution in [0.5, 0.6) is 0 Å². The van der Waals surface area contributed by atoms with Gasteiger partial charge in [-0.05, 0) is 37.5 Å². The van der Waals surface area contributed by atoms with Crippen LogP contribution in [0.3, 0.4) is 0 Å². The van der Waals surface area contributed by atoms with Gasteiger partial charge in [0.1, 0.15) is 0 Å². The average molecular weight is 408 g/mol. The molecule has 0 fully saturated rings. The Balaban J connectivity index is 2.03. The lowest BCUT2D eigenvalue weighted by atomic mass is 9.83. The number of rotatable bonds is 6. The van der Waals surface area contributed by atoms with Gasteiger partial charge in [0.05, 0.1) is 23.6 Å². The van der Waals surface area contributed by atoms with Gasteiger partial charge < -0.3 is 9.64 Å². The van der Waals surface area contributed by atoms with Crippen LogP contribution in [0.25, 0.3) is 0 Å². The van der Waals surface area contributed by atoms with Crippen LogP contribution in [0.1, 0.15) is 42.9 Å². The van der Waals surface area contributed by atoms with Crippen molar-refractivity contribution in [1.29, 1.82) is 0 Å². The predicted octanol–water partition coefficient (Wildman–Crippen LogP) is 4.26. The van der Waals surface area contributed by atoms with Gasteiger partial charge >= 0.3 is 5.97 Å². The van der Waals surface area contributed by atoms with Crippen LogP contribution in [-0.2, 0) is 20.9 Å². The third kappa shape index (κ3) is 4.25. The number of carbonyl (C=O) groups excluding carboxylic acids is 2. The van der Waals surface area contributed by atoms with Crippen LogP contribution in [0.4, 0.5) is 5.69 Å². The smallest absolute Gasteiger partial charge is 0.336 e. The van der Waals surface area contributed by atoms with Crippen molar-refractivity contribution < 1.29 is 19.2 Å². The first-order valence-corrected chi connectivity index (χ1v) is 9.80. The Morgan fingerprint density at radius 3 is 2.43 bits per heavy atom. The number of hydrogen-bond donors (Lipinski definition) is 0. The monoisotopic (exact) mass is 408 g/mol. The lowest BCUT2D eigenvalue weighted by molar-refractivity contribution is -0.384. The van der Waals surface area contributed by atoms with Crippen molar-refractivity contribution in [3.63, 3.8) is 0 Å². The fourth-order valence-corrected chi connectivity index (χ4v) is 3.75. The molecule has 156 valence electrons. The molecule has 2 aromatic carbocycles. The molecule has 0 N–H and O–H groups in total. The zero-order valence-corrected chi connectivity index (χ0v) is 17.3. The van der Waals surface area contributed by atoms with Gasteiger partial charge in [-0.3, -0.25) is 14.9 Å². The number of nitrogens with zero attached hydrogens (tertiary/aromatic N) is 2. The maximum absolute atomic E-state index is 13.0. The molecule has 1 heterocycles. The Morgan fingerprint density at radius 1 is 1.17 bits per heavy atom. The summed E-state index contributed by atoms with van der Waals surface area (Å²) in [5, 5.41) is 11.0. The third-order valence-electron chi connectivity index (χ3n) is 5.41. The molecule has 1 unspecified atom stereocenters. The number of nitro groups is 1. The zero-order chi connectivity index (χ0) is 21.8. The second-order valence-corrected chi connectivity index (χ2v) is 7.23. The first-order chi connectivity index (χ1) is 14.3. The molecule has 0 aliphatic carbocycles. The first-order valence-electron chi connectivity index (χ1n) is 9.80. The quantitative estimate of drug-likeness (QED) is 0.405. The van der Waals surface area contributed by atoms with E-state index in [9.17, 15) is 19.7 Å². The minimum atomic E-state index is -0.509. The molecule has 0 aromatic heterocycles. The number of ether oxygens (including phenoxy) is 1. The molecule has 1 amide bonds. The number of non-ortho nitro benzene ring substituents is 1.